The lowest BCUT2D eigenvalue weighted by atomic mass is 10.4. The molecule has 0 aromatic carbocycles. The van der Waals surface area contributed by atoms with Crippen LogP contribution >= 0.6 is 0 Å². The second-order valence-corrected chi connectivity index (χ2v) is 3.49. The summed E-state index contributed by atoms with van der Waals surface area (Å²) in [4.78, 5) is 8.26. The van der Waals surface area contributed by atoms with Crippen molar-refractivity contribution in [3.05, 3.63) is 35.4 Å². The lowest BCUT2D eigenvalue weighted by Crippen LogP contribution is -2.15. The molecule has 0 saturated heterocycles. The molecular formula is C10H12N6. The third-order valence-corrected chi connectivity index (χ3v) is 2.12. The van der Waals surface area contributed by atoms with E-state index in [1.54, 1.807) is 16.9 Å². The summed E-state index contributed by atoms with van der Waals surface area (Å²) < 4.78 is 1.63. The molecule has 2 rings (SSSR count). The second kappa shape index (κ2) is 3.73. The van der Waals surface area contributed by atoms with Crippen molar-refractivity contribution in [3.8, 4) is 5.95 Å². The summed E-state index contributed by atoms with van der Waals surface area (Å²) in [5, 5.41) is 11.6. The average molecular weight is 216 g/mol. The van der Waals surface area contributed by atoms with E-state index in [0.29, 0.717) is 11.6 Å². The molecule has 0 aliphatic heterocycles. The van der Waals surface area contributed by atoms with Crippen LogP contribution in [0.3, 0.4) is 0 Å². The second-order valence-electron chi connectivity index (χ2n) is 3.49. The summed E-state index contributed by atoms with van der Waals surface area (Å²) in [5.74, 6) is 0.350. The van der Waals surface area contributed by atoms with Crippen molar-refractivity contribution in [2.24, 2.45) is 5.73 Å². The molecule has 2 aromatic heterocycles. The first-order chi connectivity index (χ1) is 7.58. The van der Waals surface area contributed by atoms with Crippen LogP contribution in [0.25, 0.3) is 5.95 Å². The molecule has 82 valence electrons. The van der Waals surface area contributed by atoms with E-state index in [1.807, 2.05) is 19.9 Å². The van der Waals surface area contributed by atoms with Crippen molar-refractivity contribution in [2.75, 3.05) is 0 Å². The SMILES string of the molecule is Cc1cc(C)n(-c2nccc(C(=N)N)n2)n1. The molecule has 0 saturated carbocycles. The van der Waals surface area contributed by atoms with Gasteiger partial charge < -0.3 is 5.73 Å². The first-order valence-electron chi connectivity index (χ1n) is 4.79. The molecule has 6 nitrogen and oxygen atoms in total. The fourth-order valence-corrected chi connectivity index (χ4v) is 1.43. The predicted octanol–water partition coefficient (Wildman–Crippen LogP) is 0.563. The quantitative estimate of drug-likeness (QED) is 0.566. The number of aromatic nitrogens is 4. The van der Waals surface area contributed by atoms with Gasteiger partial charge in [-0.1, -0.05) is 0 Å². The standard InChI is InChI=1S/C10H12N6/c1-6-5-7(2)16(15-6)10-13-4-3-8(14-10)9(11)12/h3-5H,1-2H3,(H3,11,12). The van der Waals surface area contributed by atoms with Crippen LogP contribution in [0.1, 0.15) is 17.1 Å². The number of rotatable bonds is 2. The number of aryl methyl sites for hydroxylation is 2. The largest absolute Gasteiger partial charge is 0.382 e. The van der Waals surface area contributed by atoms with E-state index >= 15 is 0 Å². The molecular weight excluding hydrogens is 204 g/mol. The van der Waals surface area contributed by atoms with Gasteiger partial charge in [-0.3, -0.25) is 5.41 Å². The molecule has 0 amide bonds. The van der Waals surface area contributed by atoms with Crippen LogP contribution in [0.2, 0.25) is 0 Å². The molecule has 0 aliphatic carbocycles. The molecule has 2 aromatic rings. The fourth-order valence-electron chi connectivity index (χ4n) is 1.43. The zero-order chi connectivity index (χ0) is 11.7. The van der Waals surface area contributed by atoms with Gasteiger partial charge in [-0.15, -0.1) is 0 Å². The molecule has 0 aliphatic rings. The van der Waals surface area contributed by atoms with Gasteiger partial charge in [-0.05, 0) is 26.0 Å². The Balaban J connectivity index is 2.52. The molecule has 0 radical (unpaired) electrons. The third kappa shape index (κ3) is 1.77. The first-order valence-corrected chi connectivity index (χ1v) is 4.79. The number of nitrogens with zero attached hydrogens (tertiary/aromatic N) is 4. The van der Waals surface area contributed by atoms with Gasteiger partial charge in [0.25, 0.3) is 5.95 Å². The Morgan fingerprint density at radius 1 is 1.44 bits per heavy atom. The Hall–Kier alpha value is -2.24. The Labute approximate surface area is 92.7 Å². The zero-order valence-corrected chi connectivity index (χ0v) is 9.10. The Bertz CT molecular complexity index is 542. The molecule has 0 atom stereocenters. The molecule has 3 N–H and O–H groups in total. The van der Waals surface area contributed by atoms with Crippen LogP contribution in [-0.2, 0) is 0 Å². The summed E-state index contributed by atoms with van der Waals surface area (Å²) in [5.41, 5.74) is 7.61. The summed E-state index contributed by atoms with van der Waals surface area (Å²) in [6.07, 6.45) is 1.56. The predicted molar refractivity (Wildman–Crippen MR) is 59.6 cm³/mol. The highest BCUT2D eigenvalue weighted by molar-refractivity contribution is 5.92. The van der Waals surface area contributed by atoms with E-state index in [4.69, 9.17) is 11.1 Å². The molecule has 0 unspecified atom stereocenters. The fraction of sp³-hybridized carbons (Fsp3) is 0.200. The summed E-state index contributed by atoms with van der Waals surface area (Å²) >= 11 is 0. The van der Waals surface area contributed by atoms with Gasteiger partial charge in [0, 0.05) is 11.9 Å². The van der Waals surface area contributed by atoms with Crippen molar-refractivity contribution in [1.29, 1.82) is 5.41 Å². The van der Waals surface area contributed by atoms with Gasteiger partial charge in [0.2, 0.25) is 0 Å². The van der Waals surface area contributed by atoms with Gasteiger partial charge in [-0.2, -0.15) is 5.10 Å². The first kappa shape index (κ1) is 10.3. The minimum Gasteiger partial charge on any atom is -0.382 e. The normalized spacial score (nSPS) is 10.4. The summed E-state index contributed by atoms with van der Waals surface area (Å²) in [6, 6.07) is 3.53. The van der Waals surface area contributed by atoms with E-state index in [-0.39, 0.29) is 5.84 Å². The molecule has 0 bridgehead atoms. The lowest BCUT2D eigenvalue weighted by Gasteiger charge is -2.03. The van der Waals surface area contributed by atoms with Crippen LogP contribution < -0.4 is 5.73 Å². The smallest absolute Gasteiger partial charge is 0.251 e. The van der Waals surface area contributed by atoms with Gasteiger partial charge in [0.05, 0.1) is 5.69 Å². The maximum Gasteiger partial charge on any atom is 0.251 e. The highest BCUT2D eigenvalue weighted by Crippen LogP contribution is 2.07. The van der Waals surface area contributed by atoms with Crippen molar-refractivity contribution in [1.82, 2.24) is 19.7 Å². The molecule has 2 heterocycles. The Morgan fingerprint density at radius 3 is 2.75 bits per heavy atom. The van der Waals surface area contributed by atoms with Crippen molar-refractivity contribution in [3.63, 3.8) is 0 Å². The van der Waals surface area contributed by atoms with E-state index in [0.717, 1.165) is 11.4 Å². The number of amidine groups is 1. The van der Waals surface area contributed by atoms with Crippen LogP contribution in [0.5, 0.6) is 0 Å². The minimum atomic E-state index is -0.0785. The third-order valence-electron chi connectivity index (χ3n) is 2.12. The number of nitrogens with two attached hydrogens (primary N) is 1. The summed E-state index contributed by atoms with van der Waals surface area (Å²) in [6.45, 7) is 3.82. The molecule has 6 heteroatoms. The van der Waals surface area contributed by atoms with Gasteiger partial charge in [0.1, 0.15) is 11.5 Å². The summed E-state index contributed by atoms with van der Waals surface area (Å²) in [7, 11) is 0. The number of nitrogens with one attached hydrogen (secondary N) is 1. The van der Waals surface area contributed by atoms with Crippen molar-refractivity contribution in [2.45, 2.75) is 13.8 Å². The van der Waals surface area contributed by atoms with Crippen LogP contribution in [0, 0.1) is 19.3 Å². The monoisotopic (exact) mass is 216 g/mol. The number of hydrogen-bond acceptors (Lipinski definition) is 4. The van der Waals surface area contributed by atoms with Gasteiger partial charge in [-0.25, -0.2) is 14.6 Å². The van der Waals surface area contributed by atoms with Gasteiger partial charge in [0.15, 0.2) is 0 Å². The van der Waals surface area contributed by atoms with E-state index in [1.165, 1.54) is 0 Å². The highest BCUT2D eigenvalue weighted by atomic mass is 15.4. The maximum atomic E-state index is 7.31. The zero-order valence-electron chi connectivity index (χ0n) is 9.10. The van der Waals surface area contributed by atoms with E-state index in [9.17, 15) is 0 Å². The molecule has 0 fully saturated rings. The van der Waals surface area contributed by atoms with Crippen LogP contribution in [-0.4, -0.2) is 25.6 Å². The lowest BCUT2D eigenvalue weighted by molar-refractivity contribution is 0.772. The highest BCUT2D eigenvalue weighted by Gasteiger charge is 2.07. The maximum absolute atomic E-state index is 7.31. The molecule has 0 spiro atoms. The van der Waals surface area contributed by atoms with Crippen LogP contribution in [0.15, 0.2) is 18.3 Å². The van der Waals surface area contributed by atoms with E-state index < -0.39 is 0 Å². The van der Waals surface area contributed by atoms with Crippen molar-refractivity contribution >= 4 is 5.84 Å². The Morgan fingerprint density at radius 2 is 2.19 bits per heavy atom. The average Bonchev–Trinajstić information content (AvgIpc) is 2.58. The van der Waals surface area contributed by atoms with Crippen molar-refractivity contribution < 1.29 is 0 Å². The topological polar surface area (TPSA) is 93.5 Å². The minimum absolute atomic E-state index is 0.0785. The molecule has 16 heavy (non-hydrogen) atoms. The van der Waals surface area contributed by atoms with E-state index in [2.05, 4.69) is 15.1 Å². The Kier molecular flexibility index (Phi) is 2.40. The number of hydrogen-bond donors (Lipinski definition) is 2. The van der Waals surface area contributed by atoms with Gasteiger partial charge >= 0.3 is 0 Å². The van der Waals surface area contributed by atoms with Crippen LogP contribution in [0.4, 0.5) is 0 Å². The number of nitrogen functional groups attached to an aromatic ring is 1.